The first-order chi connectivity index (χ1) is 6.60. The Labute approximate surface area is 83.3 Å². The minimum absolute atomic E-state index is 0.0734. The summed E-state index contributed by atoms with van der Waals surface area (Å²) in [5.74, 6) is 0.597. The second kappa shape index (κ2) is 4.37. The van der Waals surface area contributed by atoms with Crippen LogP contribution in [0.4, 0.5) is 0 Å². The zero-order valence-corrected chi connectivity index (χ0v) is 9.05. The molecular formula is C10H16N2O2. The summed E-state index contributed by atoms with van der Waals surface area (Å²) in [6, 6.07) is 0. The van der Waals surface area contributed by atoms with Crippen molar-refractivity contribution >= 4 is 0 Å². The predicted molar refractivity (Wildman–Crippen MR) is 54.4 cm³/mol. The molecule has 0 aliphatic carbocycles. The molecule has 0 bridgehead atoms. The molecule has 0 aliphatic heterocycles. The first-order valence-electron chi connectivity index (χ1n) is 4.72. The van der Waals surface area contributed by atoms with Crippen LogP contribution in [0.3, 0.4) is 0 Å². The topological polar surface area (TPSA) is 55.0 Å². The number of methoxy groups -OCH3 is 1. The Bertz CT molecular complexity index is 371. The smallest absolute Gasteiger partial charge is 0.254 e. The highest BCUT2D eigenvalue weighted by atomic mass is 16.5. The molecule has 1 atom stereocenters. The van der Waals surface area contributed by atoms with Crippen molar-refractivity contribution in [1.29, 1.82) is 0 Å². The van der Waals surface area contributed by atoms with Crippen LogP contribution in [0.2, 0.25) is 0 Å². The highest BCUT2D eigenvalue weighted by molar-refractivity contribution is 5.16. The van der Waals surface area contributed by atoms with Gasteiger partial charge in [-0.05, 0) is 20.3 Å². The van der Waals surface area contributed by atoms with Crippen molar-refractivity contribution in [3.05, 3.63) is 27.4 Å². The van der Waals surface area contributed by atoms with Crippen LogP contribution >= 0.6 is 0 Å². The number of H-pyrrole nitrogens is 1. The van der Waals surface area contributed by atoms with Crippen molar-refractivity contribution in [2.45, 2.75) is 33.3 Å². The number of hydrogen-bond donors (Lipinski definition) is 1. The lowest BCUT2D eigenvalue weighted by Gasteiger charge is -2.10. The number of aromatic nitrogens is 2. The molecule has 0 fully saturated rings. The van der Waals surface area contributed by atoms with Crippen LogP contribution in [0.1, 0.15) is 37.0 Å². The number of ether oxygens (including phenoxy) is 1. The van der Waals surface area contributed by atoms with Gasteiger partial charge in [-0.2, -0.15) is 0 Å². The number of rotatable bonds is 3. The quantitative estimate of drug-likeness (QED) is 0.793. The maximum Gasteiger partial charge on any atom is 0.254 e. The molecule has 4 heteroatoms. The summed E-state index contributed by atoms with van der Waals surface area (Å²) >= 11 is 0. The van der Waals surface area contributed by atoms with Crippen LogP contribution in [-0.2, 0) is 11.2 Å². The fraction of sp³-hybridized carbons (Fsp3) is 0.600. The van der Waals surface area contributed by atoms with Crippen LogP contribution in [0.25, 0.3) is 0 Å². The first kappa shape index (κ1) is 10.9. The normalized spacial score (nSPS) is 12.9. The molecule has 1 aromatic heterocycles. The lowest BCUT2D eigenvalue weighted by atomic mass is 10.2. The number of nitrogens with zero attached hydrogens (tertiary/aromatic N) is 1. The van der Waals surface area contributed by atoms with Gasteiger partial charge in [0.2, 0.25) is 0 Å². The Hall–Kier alpha value is -1.16. The average Bonchev–Trinajstić information content (AvgIpc) is 2.20. The molecule has 0 spiro atoms. The Morgan fingerprint density at radius 3 is 2.71 bits per heavy atom. The van der Waals surface area contributed by atoms with Crippen LogP contribution < -0.4 is 5.56 Å². The van der Waals surface area contributed by atoms with Gasteiger partial charge in [0.25, 0.3) is 5.56 Å². The maximum atomic E-state index is 11.5. The van der Waals surface area contributed by atoms with E-state index in [0.29, 0.717) is 11.4 Å². The summed E-state index contributed by atoms with van der Waals surface area (Å²) in [7, 11) is 1.59. The zero-order chi connectivity index (χ0) is 10.7. The molecule has 0 saturated carbocycles. The van der Waals surface area contributed by atoms with E-state index in [4.69, 9.17) is 4.74 Å². The van der Waals surface area contributed by atoms with Crippen molar-refractivity contribution in [2.75, 3.05) is 7.11 Å². The highest BCUT2D eigenvalue weighted by Crippen LogP contribution is 2.10. The number of aryl methyl sites for hydroxylation is 1. The van der Waals surface area contributed by atoms with E-state index in [-0.39, 0.29) is 11.7 Å². The summed E-state index contributed by atoms with van der Waals surface area (Å²) in [6.07, 6.45) is 0.590. The highest BCUT2D eigenvalue weighted by Gasteiger charge is 2.10. The van der Waals surface area contributed by atoms with E-state index in [1.807, 2.05) is 13.8 Å². The number of nitrogens with one attached hydrogen (secondary N) is 1. The molecule has 0 saturated heterocycles. The molecule has 0 amide bonds. The minimum atomic E-state index is -0.173. The van der Waals surface area contributed by atoms with Crippen molar-refractivity contribution in [3.63, 3.8) is 0 Å². The van der Waals surface area contributed by atoms with Crippen molar-refractivity contribution in [2.24, 2.45) is 0 Å². The Morgan fingerprint density at radius 2 is 2.21 bits per heavy atom. The third kappa shape index (κ3) is 2.01. The van der Waals surface area contributed by atoms with E-state index >= 15 is 0 Å². The van der Waals surface area contributed by atoms with Gasteiger partial charge in [0, 0.05) is 12.7 Å². The second-order valence-corrected chi connectivity index (χ2v) is 3.25. The summed E-state index contributed by atoms with van der Waals surface area (Å²) in [4.78, 5) is 18.5. The molecule has 1 aromatic rings. The molecule has 1 rings (SSSR count). The largest absolute Gasteiger partial charge is 0.374 e. The van der Waals surface area contributed by atoms with E-state index in [1.54, 1.807) is 14.0 Å². The summed E-state index contributed by atoms with van der Waals surface area (Å²) in [5.41, 5.74) is 1.46. The maximum absolute atomic E-state index is 11.5. The Morgan fingerprint density at radius 1 is 1.57 bits per heavy atom. The van der Waals surface area contributed by atoms with Crippen LogP contribution in [-0.4, -0.2) is 17.1 Å². The predicted octanol–water partition coefficient (Wildman–Crippen LogP) is 1.35. The van der Waals surface area contributed by atoms with E-state index in [0.717, 1.165) is 12.1 Å². The second-order valence-electron chi connectivity index (χ2n) is 3.25. The zero-order valence-electron chi connectivity index (χ0n) is 9.05. The molecule has 1 N–H and O–H groups in total. The molecule has 4 nitrogen and oxygen atoms in total. The van der Waals surface area contributed by atoms with Gasteiger partial charge in [-0.1, -0.05) is 6.92 Å². The van der Waals surface area contributed by atoms with Gasteiger partial charge >= 0.3 is 0 Å². The third-order valence-corrected chi connectivity index (χ3v) is 2.34. The third-order valence-electron chi connectivity index (χ3n) is 2.34. The SMILES string of the molecule is CCc1nc(C(C)OC)[nH]c(=O)c1C. The molecule has 14 heavy (non-hydrogen) atoms. The van der Waals surface area contributed by atoms with E-state index in [2.05, 4.69) is 9.97 Å². The fourth-order valence-electron chi connectivity index (χ4n) is 1.25. The van der Waals surface area contributed by atoms with Crippen LogP contribution in [0, 0.1) is 6.92 Å². The number of hydrogen-bond acceptors (Lipinski definition) is 3. The van der Waals surface area contributed by atoms with Gasteiger partial charge in [-0.25, -0.2) is 4.98 Å². The monoisotopic (exact) mass is 196 g/mol. The van der Waals surface area contributed by atoms with Crippen LogP contribution in [0.15, 0.2) is 4.79 Å². The molecular weight excluding hydrogens is 180 g/mol. The van der Waals surface area contributed by atoms with Gasteiger partial charge in [0.15, 0.2) is 0 Å². The summed E-state index contributed by atoms with van der Waals surface area (Å²) < 4.78 is 5.10. The fourth-order valence-corrected chi connectivity index (χ4v) is 1.25. The van der Waals surface area contributed by atoms with Crippen molar-refractivity contribution in [3.8, 4) is 0 Å². The van der Waals surface area contributed by atoms with Gasteiger partial charge < -0.3 is 9.72 Å². The number of aromatic amines is 1. The van der Waals surface area contributed by atoms with Gasteiger partial charge in [0.1, 0.15) is 11.9 Å². The van der Waals surface area contributed by atoms with Gasteiger partial charge in [-0.3, -0.25) is 4.79 Å². The molecule has 0 aliphatic rings. The van der Waals surface area contributed by atoms with Crippen LogP contribution in [0.5, 0.6) is 0 Å². The Kier molecular flexibility index (Phi) is 3.41. The molecule has 0 radical (unpaired) electrons. The van der Waals surface area contributed by atoms with Gasteiger partial charge in [0.05, 0.1) is 5.69 Å². The van der Waals surface area contributed by atoms with Crippen molar-refractivity contribution in [1.82, 2.24) is 9.97 Å². The van der Waals surface area contributed by atoms with Crippen molar-refractivity contribution < 1.29 is 4.74 Å². The summed E-state index contributed by atoms with van der Waals surface area (Å²) in [6.45, 7) is 5.62. The van der Waals surface area contributed by atoms with E-state index < -0.39 is 0 Å². The lowest BCUT2D eigenvalue weighted by molar-refractivity contribution is 0.111. The standard InChI is InChI=1S/C10H16N2O2/c1-5-8-6(2)10(13)12-9(11-8)7(3)14-4/h7H,5H2,1-4H3,(H,11,12,13). The van der Waals surface area contributed by atoms with E-state index in [9.17, 15) is 4.79 Å². The van der Waals surface area contributed by atoms with Gasteiger partial charge in [-0.15, -0.1) is 0 Å². The van der Waals surface area contributed by atoms with E-state index in [1.165, 1.54) is 0 Å². The molecule has 78 valence electrons. The molecule has 0 aromatic carbocycles. The summed E-state index contributed by atoms with van der Waals surface area (Å²) in [5, 5.41) is 0. The minimum Gasteiger partial charge on any atom is -0.374 e. The molecule has 1 unspecified atom stereocenters. The molecule has 1 heterocycles. The first-order valence-corrected chi connectivity index (χ1v) is 4.72. The average molecular weight is 196 g/mol. The lowest BCUT2D eigenvalue weighted by Crippen LogP contribution is -2.19. The Balaban J connectivity index is 3.23.